The number of rotatable bonds is 5. The van der Waals surface area contributed by atoms with Gasteiger partial charge >= 0.3 is 0 Å². The van der Waals surface area contributed by atoms with Crippen molar-refractivity contribution in [1.82, 2.24) is 0 Å². The molecule has 1 rings (SSSR count). The van der Waals surface area contributed by atoms with E-state index in [1.54, 1.807) is 12.1 Å². The Hall–Kier alpha value is -1.06. The SMILES string of the molecule is CCOCC(N)Cc1ccc(O)cc1. The lowest BCUT2D eigenvalue weighted by molar-refractivity contribution is 0.133. The molecule has 3 heteroatoms. The maximum Gasteiger partial charge on any atom is 0.115 e. The highest BCUT2D eigenvalue weighted by atomic mass is 16.5. The number of phenols is 1. The molecule has 1 aromatic carbocycles. The number of benzene rings is 1. The molecule has 1 atom stereocenters. The molecule has 3 N–H and O–H groups in total. The van der Waals surface area contributed by atoms with Crippen LogP contribution in [0.15, 0.2) is 24.3 Å². The average Bonchev–Trinajstić information content (AvgIpc) is 2.18. The molecule has 0 heterocycles. The van der Waals surface area contributed by atoms with Gasteiger partial charge in [-0.3, -0.25) is 0 Å². The standard InChI is InChI=1S/C11H17NO2/c1-2-14-8-10(12)7-9-3-5-11(13)6-4-9/h3-6,10,13H,2,7-8,12H2,1H3. The van der Waals surface area contributed by atoms with E-state index in [2.05, 4.69) is 0 Å². The summed E-state index contributed by atoms with van der Waals surface area (Å²) < 4.78 is 5.22. The summed E-state index contributed by atoms with van der Waals surface area (Å²) >= 11 is 0. The van der Waals surface area contributed by atoms with Crippen LogP contribution in [0.3, 0.4) is 0 Å². The summed E-state index contributed by atoms with van der Waals surface area (Å²) in [5.41, 5.74) is 6.96. The van der Waals surface area contributed by atoms with Gasteiger partial charge in [-0.05, 0) is 31.0 Å². The van der Waals surface area contributed by atoms with Crippen LogP contribution in [0.4, 0.5) is 0 Å². The zero-order chi connectivity index (χ0) is 10.4. The zero-order valence-corrected chi connectivity index (χ0v) is 8.44. The third-order valence-corrected chi connectivity index (χ3v) is 1.97. The van der Waals surface area contributed by atoms with Crippen molar-refractivity contribution in [1.29, 1.82) is 0 Å². The van der Waals surface area contributed by atoms with Crippen molar-refractivity contribution in [2.45, 2.75) is 19.4 Å². The Balaban J connectivity index is 2.39. The molecule has 0 aliphatic rings. The van der Waals surface area contributed by atoms with Crippen molar-refractivity contribution in [3.8, 4) is 5.75 Å². The van der Waals surface area contributed by atoms with E-state index in [4.69, 9.17) is 15.6 Å². The first kappa shape index (κ1) is 11.0. The van der Waals surface area contributed by atoms with Gasteiger partial charge in [-0.1, -0.05) is 12.1 Å². The van der Waals surface area contributed by atoms with Crippen LogP contribution in [0.25, 0.3) is 0 Å². The summed E-state index contributed by atoms with van der Waals surface area (Å²) in [4.78, 5) is 0. The first-order valence-corrected chi connectivity index (χ1v) is 4.83. The summed E-state index contributed by atoms with van der Waals surface area (Å²) in [5, 5.41) is 9.08. The Morgan fingerprint density at radius 3 is 2.57 bits per heavy atom. The van der Waals surface area contributed by atoms with Crippen molar-refractivity contribution in [2.24, 2.45) is 5.73 Å². The van der Waals surface area contributed by atoms with Crippen LogP contribution >= 0.6 is 0 Å². The zero-order valence-electron chi connectivity index (χ0n) is 8.44. The highest BCUT2D eigenvalue weighted by molar-refractivity contribution is 5.26. The fourth-order valence-electron chi connectivity index (χ4n) is 1.26. The molecule has 0 fully saturated rings. The van der Waals surface area contributed by atoms with E-state index in [1.165, 1.54) is 0 Å². The van der Waals surface area contributed by atoms with E-state index >= 15 is 0 Å². The predicted molar refractivity (Wildman–Crippen MR) is 56.3 cm³/mol. The molecular weight excluding hydrogens is 178 g/mol. The number of hydrogen-bond acceptors (Lipinski definition) is 3. The molecule has 1 aromatic rings. The largest absolute Gasteiger partial charge is 0.508 e. The molecule has 14 heavy (non-hydrogen) atoms. The van der Waals surface area contributed by atoms with Crippen molar-refractivity contribution < 1.29 is 9.84 Å². The van der Waals surface area contributed by atoms with Crippen molar-refractivity contribution in [3.63, 3.8) is 0 Å². The monoisotopic (exact) mass is 195 g/mol. The number of phenolic OH excluding ortho intramolecular Hbond substituents is 1. The molecule has 0 aromatic heterocycles. The molecule has 0 spiro atoms. The van der Waals surface area contributed by atoms with E-state index < -0.39 is 0 Å². The van der Waals surface area contributed by atoms with Gasteiger partial charge in [-0.15, -0.1) is 0 Å². The second-order valence-corrected chi connectivity index (χ2v) is 3.29. The lowest BCUT2D eigenvalue weighted by Crippen LogP contribution is -2.28. The maximum absolute atomic E-state index is 9.08. The predicted octanol–water partition coefficient (Wildman–Crippen LogP) is 1.30. The minimum atomic E-state index is 0.0273. The molecule has 0 aliphatic heterocycles. The van der Waals surface area contributed by atoms with Crippen molar-refractivity contribution >= 4 is 0 Å². The lowest BCUT2D eigenvalue weighted by Gasteiger charge is -2.11. The van der Waals surface area contributed by atoms with Crippen LogP contribution < -0.4 is 5.73 Å². The van der Waals surface area contributed by atoms with Gasteiger partial charge < -0.3 is 15.6 Å². The van der Waals surface area contributed by atoms with Crippen molar-refractivity contribution in [3.05, 3.63) is 29.8 Å². The molecule has 0 saturated carbocycles. The lowest BCUT2D eigenvalue weighted by atomic mass is 10.1. The normalized spacial score (nSPS) is 12.7. The fourth-order valence-corrected chi connectivity index (χ4v) is 1.26. The van der Waals surface area contributed by atoms with E-state index in [9.17, 15) is 0 Å². The van der Waals surface area contributed by atoms with Gasteiger partial charge in [0.1, 0.15) is 5.75 Å². The minimum absolute atomic E-state index is 0.0273. The van der Waals surface area contributed by atoms with Crippen LogP contribution in [0.2, 0.25) is 0 Å². The van der Waals surface area contributed by atoms with Crippen LogP contribution in [0.5, 0.6) is 5.75 Å². The van der Waals surface area contributed by atoms with Gasteiger partial charge in [0.2, 0.25) is 0 Å². The third kappa shape index (κ3) is 3.77. The minimum Gasteiger partial charge on any atom is -0.508 e. The van der Waals surface area contributed by atoms with Gasteiger partial charge in [0.05, 0.1) is 6.61 Å². The van der Waals surface area contributed by atoms with Gasteiger partial charge in [-0.25, -0.2) is 0 Å². The number of hydrogen-bond donors (Lipinski definition) is 2. The van der Waals surface area contributed by atoms with Gasteiger partial charge in [0.15, 0.2) is 0 Å². The quantitative estimate of drug-likeness (QED) is 0.744. The second-order valence-electron chi connectivity index (χ2n) is 3.29. The molecular formula is C11H17NO2. The molecule has 0 radical (unpaired) electrons. The van der Waals surface area contributed by atoms with Crippen LogP contribution in [0, 0.1) is 0 Å². The summed E-state index contributed by atoms with van der Waals surface area (Å²) in [6, 6.07) is 7.12. The topological polar surface area (TPSA) is 55.5 Å². The van der Waals surface area contributed by atoms with Gasteiger partial charge in [0.25, 0.3) is 0 Å². The van der Waals surface area contributed by atoms with Crippen molar-refractivity contribution in [2.75, 3.05) is 13.2 Å². The second kappa shape index (κ2) is 5.62. The van der Waals surface area contributed by atoms with E-state index in [-0.39, 0.29) is 11.8 Å². The Kier molecular flexibility index (Phi) is 4.43. The van der Waals surface area contributed by atoms with E-state index in [0.717, 1.165) is 12.0 Å². The van der Waals surface area contributed by atoms with Crippen LogP contribution in [0.1, 0.15) is 12.5 Å². The number of ether oxygens (including phenoxy) is 1. The summed E-state index contributed by atoms with van der Waals surface area (Å²) in [7, 11) is 0. The summed E-state index contributed by atoms with van der Waals surface area (Å²) in [5.74, 6) is 0.284. The maximum atomic E-state index is 9.08. The molecule has 78 valence electrons. The smallest absolute Gasteiger partial charge is 0.115 e. The number of nitrogens with two attached hydrogens (primary N) is 1. The highest BCUT2D eigenvalue weighted by Crippen LogP contribution is 2.10. The number of aromatic hydroxyl groups is 1. The summed E-state index contributed by atoms with van der Waals surface area (Å²) in [6.45, 7) is 3.23. The Morgan fingerprint density at radius 1 is 1.36 bits per heavy atom. The Labute approximate surface area is 84.5 Å². The third-order valence-electron chi connectivity index (χ3n) is 1.97. The van der Waals surface area contributed by atoms with Gasteiger partial charge in [0, 0.05) is 12.6 Å². The Bertz CT molecular complexity index is 258. The molecule has 3 nitrogen and oxygen atoms in total. The van der Waals surface area contributed by atoms with E-state index in [1.807, 2.05) is 19.1 Å². The first-order chi connectivity index (χ1) is 6.72. The van der Waals surface area contributed by atoms with Gasteiger partial charge in [-0.2, -0.15) is 0 Å². The average molecular weight is 195 g/mol. The molecule has 1 unspecified atom stereocenters. The Morgan fingerprint density at radius 2 is 2.00 bits per heavy atom. The van der Waals surface area contributed by atoms with Crippen LogP contribution in [-0.2, 0) is 11.2 Å². The molecule has 0 amide bonds. The first-order valence-electron chi connectivity index (χ1n) is 4.83. The van der Waals surface area contributed by atoms with E-state index in [0.29, 0.717) is 13.2 Å². The molecule has 0 aliphatic carbocycles. The highest BCUT2D eigenvalue weighted by Gasteiger charge is 2.03. The molecule has 0 bridgehead atoms. The molecule has 0 saturated heterocycles. The van der Waals surface area contributed by atoms with Crippen LogP contribution in [-0.4, -0.2) is 24.4 Å². The summed E-state index contributed by atoms with van der Waals surface area (Å²) in [6.07, 6.45) is 0.778. The fraction of sp³-hybridized carbons (Fsp3) is 0.455.